The van der Waals surface area contributed by atoms with Gasteiger partial charge in [0.05, 0.1) is 17.1 Å². The van der Waals surface area contributed by atoms with Crippen molar-refractivity contribution < 1.29 is 0 Å². The predicted molar refractivity (Wildman–Crippen MR) is 112 cm³/mol. The monoisotopic (exact) mass is 381 g/mol. The van der Waals surface area contributed by atoms with E-state index in [1.54, 1.807) is 6.20 Å². The molecule has 0 saturated carbocycles. The highest BCUT2D eigenvalue weighted by atomic mass is 35.5. The Kier molecular flexibility index (Phi) is 5.24. The van der Waals surface area contributed by atoms with E-state index < -0.39 is 0 Å². The van der Waals surface area contributed by atoms with Crippen molar-refractivity contribution in [3.63, 3.8) is 0 Å². The largest absolute Gasteiger partial charge is 0.378 e. The number of nitrogens with one attached hydrogen (secondary N) is 1. The maximum absolute atomic E-state index is 4.76. The first-order valence-electron chi connectivity index (χ1n) is 8.83. The third-order valence-electron chi connectivity index (χ3n) is 5.05. The summed E-state index contributed by atoms with van der Waals surface area (Å²) in [6, 6.07) is 10.5. The Morgan fingerprint density at radius 2 is 1.78 bits per heavy atom. The Hall–Kier alpha value is -2.79. The Morgan fingerprint density at radius 1 is 1.04 bits per heavy atom. The Bertz CT molecular complexity index is 1060. The lowest BCUT2D eigenvalue weighted by molar-refractivity contribution is 0.867. The number of fused-ring (bicyclic) bond motifs is 1. The zero-order valence-electron chi connectivity index (χ0n) is 16.0. The summed E-state index contributed by atoms with van der Waals surface area (Å²) in [5.74, 6) is 0. The molecule has 0 aliphatic heterocycles. The van der Waals surface area contributed by atoms with E-state index in [2.05, 4.69) is 66.0 Å². The Labute approximate surface area is 165 Å². The van der Waals surface area contributed by atoms with Gasteiger partial charge in [-0.1, -0.05) is 18.2 Å². The smallest absolute Gasteiger partial charge is 0.160 e. The van der Waals surface area contributed by atoms with Gasteiger partial charge in [-0.15, -0.1) is 12.4 Å². The topological polar surface area (TPSA) is 47.2 Å². The predicted octanol–water partition coefficient (Wildman–Crippen LogP) is 4.79. The van der Waals surface area contributed by atoms with Crippen LogP contribution in [0.5, 0.6) is 0 Å². The SMILES string of the molecule is Cc1cccc(C)c1CNc1cc(-n2cccn2)cn2c(C)c(C)nc12.Cl. The minimum Gasteiger partial charge on any atom is -0.378 e. The quantitative estimate of drug-likeness (QED) is 0.553. The fraction of sp³-hybridized carbons (Fsp3) is 0.238. The summed E-state index contributed by atoms with van der Waals surface area (Å²) >= 11 is 0. The maximum Gasteiger partial charge on any atom is 0.160 e. The van der Waals surface area contributed by atoms with Crippen LogP contribution in [0.3, 0.4) is 0 Å². The molecule has 5 nitrogen and oxygen atoms in total. The number of aromatic nitrogens is 4. The van der Waals surface area contributed by atoms with E-state index in [1.165, 1.54) is 16.7 Å². The van der Waals surface area contributed by atoms with Crippen LogP contribution in [0.25, 0.3) is 11.3 Å². The van der Waals surface area contributed by atoms with Crippen LogP contribution in [0.4, 0.5) is 5.69 Å². The molecule has 0 amide bonds. The minimum atomic E-state index is 0. The van der Waals surface area contributed by atoms with Gasteiger partial charge in [0.2, 0.25) is 0 Å². The summed E-state index contributed by atoms with van der Waals surface area (Å²) in [5.41, 5.74) is 9.07. The summed E-state index contributed by atoms with van der Waals surface area (Å²) in [7, 11) is 0. The molecule has 0 spiro atoms. The molecule has 3 aromatic heterocycles. The van der Waals surface area contributed by atoms with Crippen LogP contribution in [0.2, 0.25) is 0 Å². The zero-order valence-corrected chi connectivity index (χ0v) is 16.8. The van der Waals surface area contributed by atoms with Crippen LogP contribution in [-0.4, -0.2) is 19.2 Å². The van der Waals surface area contributed by atoms with Crippen molar-refractivity contribution in [3.05, 3.63) is 77.0 Å². The van der Waals surface area contributed by atoms with Crippen molar-refractivity contribution in [2.75, 3.05) is 5.32 Å². The number of benzene rings is 1. The second-order valence-corrected chi connectivity index (χ2v) is 6.76. The number of imidazole rings is 1. The first kappa shape index (κ1) is 19.0. The molecule has 0 aliphatic rings. The first-order chi connectivity index (χ1) is 12.5. The van der Waals surface area contributed by atoms with Gasteiger partial charge in [-0.05, 0) is 56.5 Å². The lowest BCUT2D eigenvalue weighted by Crippen LogP contribution is -2.07. The molecule has 0 bridgehead atoms. The van der Waals surface area contributed by atoms with Crippen LogP contribution in [0.15, 0.2) is 48.9 Å². The molecule has 3 heterocycles. The number of halogens is 1. The second-order valence-electron chi connectivity index (χ2n) is 6.76. The standard InChI is InChI=1S/C21H23N5.ClH/c1-14-7-5-8-15(2)19(14)12-22-20-11-18(26-10-6-9-23-26)13-25-17(4)16(3)24-21(20)25;/h5-11,13,22H,12H2,1-4H3;1H. The molecule has 1 N–H and O–H groups in total. The highest BCUT2D eigenvalue weighted by Crippen LogP contribution is 2.25. The van der Waals surface area contributed by atoms with Crippen molar-refractivity contribution >= 4 is 23.7 Å². The molecular weight excluding hydrogens is 358 g/mol. The third kappa shape index (κ3) is 3.43. The van der Waals surface area contributed by atoms with E-state index >= 15 is 0 Å². The number of aryl methyl sites for hydroxylation is 4. The average molecular weight is 382 g/mol. The normalized spacial score (nSPS) is 10.8. The molecule has 140 valence electrons. The fourth-order valence-electron chi connectivity index (χ4n) is 3.35. The van der Waals surface area contributed by atoms with Gasteiger partial charge < -0.3 is 9.72 Å². The van der Waals surface area contributed by atoms with E-state index in [4.69, 9.17) is 4.98 Å². The molecule has 4 aromatic rings. The van der Waals surface area contributed by atoms with Gasteiger partial charge in [0.1, 0.15) is 0 Å². The molecule has 0 atom stereocenters. The van der Waals surface area contributed by atoms with Crippen molar-refractivity contribution in [1.29, 1.82) is 0 Å². The molecule has 27 heavy (non-hydrogen) atoms. The first-order valence-corrected chi connectivity index (χ1v) is 8.83. The van der Waals surface area contributed by atoms with E-state index in [-0.39, 0.29) is 12.4 Å². The van der Waals surface area contributed by atoms with Gasteiger partial charge in [0.15, 0.2) is 5.65 Å². The van der Waals surface area contributed by atoms with Crippen molar-refractivity contribution in [1.82, 2.24) is 19.2 Å². The van der Waals surface area contributed by atoms with Gasteiger partial charge in [-0.2, -0.15) is 5.10 Å². The van der Waals surface area contributed by atoms with Crippen molar-refractivity contribution in [2.45, 2.75) is 34.2 Å². The second kappa shape index (κ2) is 7.45. The van der Waals surface area contributed by atoms with Crippen LogP contribution < -0.4 is 5.32 Å². The van der Waals surface area contributed by atoms with E-state index in [0.717, 1.165) is 35.0 Å². The number of pyridine rings is 1. The highest BCUT2D eigenvalue weighted by Gasteiger charge is 2.12. The molecule has 0 unspecified atom stereocenters. The lowest BCUT2D eigenvalue weighted by atomic mass is 10.0. The summed E-state index contributed by atoms with van der Waals surface area (Å²) in [6.07, 6.45) is 5.83. The Balaban J connectivity index is 0.00000210. The van der Waals surface area contributed by atoms with Gasteiger partial charge >= 0.3 is 0 Å². The van der Waals surface area contributed by atoms with Gasteiger partial charge in [0, 0.05) is 30.8 Å². The van der Waals surface area contributed by atoms with Crippen LogP contribution in [0, 0.1) is 27.7 Å². The van der Waals surface area contributed by atoms with Gasteiger partial charge in [0.25, 0.3) is 0 Å². The number of nitrogens with zero attached hydrogens (tertiary/aromatic N) is 4. The lowest BCUT2D eigenvalue weighted by Gasteiger charge is -2.14. The van der Waals surface area contributed by atoms with Crippen LogP contribution >= 0.6 is 12.4 Å². The van der Waals surface area contributed by atoms with Gasteiger partial charge in [-0.3, -0.25) is 0 Å². The Morgan fingerprint density at radius 3 is 2.44 bits per heavy atom. The summed E-state index contributed by atoms with van der Waals surface area (Å²) in [6.45, 7) is 9.22. The molecule has 1 aromatic carbocycles. The summed E-state index contributed by atoms with van der Waals surface area (Å²) in [5, 5.41) is 7.98. The van der Waals surface area contributed by atoms with Crippen LogP contribution in [0.1, 0.15) is 28.1 Å². The number of anilines is 1. The molecule has 6 heteroatoms. The molecular formula is C21H24ClN5. The maximum atomic E-state index is 4.76. The van der Waals surface area contributed by atoms with Crippen molar-refractivity contribution in [3.8, 4) is 5.69 Å². The molecule has 0 fully saturated rings. The molecule has 0 radical (unpaired) electrons. The van der Waals surface area contributed by atoms with E-state index in [1.807, 2.05) is 23.9 Å². The summed E-state index contributed by atoms with van der Waals surface area (Å²) in [4.78, 5) is 4.76. The van der Waals surface area contributed by atoms with E-state index in [9.17, 15) is 0 Å². The summed E-state index contributed by atoms with van der Waals surface area (Å²) < 4.78 is 4.01. The zero-order chi connectivity index (χ0) is 18.3. The third-order valence-corrected chi connectivity index (χ3v) is 5.05. The minimum absolute atomic E-state index is 0. The molecule has 0 saturated heterocycles. The van der Waals surface area contributed by atoms with Gasteiger partial charge in [-0.25, -0.2) is 9.67 Å². The molecule has 0 aliphatic carbocycles. The van der Waals surface area contributed by atoms with Crippen molar-refractivity contribution in [2.24, 2.45) is 0 Å². The van der Waals surface area contributed by atoms with E-state index in [0.29, 0.717) is 0 Å². The number of hydrogen-bond donors (Lipinski definition) is 1. The number of rotatable bonds is 4. The number of hydrogen-bond acceptors (Lipinski definition) is 3. The average Bonchev–Trinajstić information content (AvgIpc) is 3.24. The van der Waals surface area contributed by atoms with Crippen LogP contribution in [-0.2, 0) is 6.54 Å². The molecule has 4 rings (SSSR count). The fourth-order valence-corrected chi connectivity index (χ4v) is 3.35. The highest BCUT2D eigenvalue weighted by molar-refractivity contribution is 5.85.